The molecule has 147 heavy (non-hydrogen) atoms. The molecule has 812 valence electrons. The Balaban J connectivity index is 0.000000157. The van der Waals surface area contributed by atoms with E-state index >= 15 is 0 Å². The highest BCUT2D eigenvalue weighted by atomic mass is 35.5. The van der Waals surface area contributed by atoms with Gasteiger partial charge in [-0.25, -0.2) is 77.2 Å². The fourth-order valence-corrected chi connectivity index (χ4v) is 17.9. The highest BCUT2D eigenvalue weighted by Gasteiger charge is 2.54. The van der Waals surface area contributed by atoms with Crippen molar-refractivity contribution in [3.8, 4) is 5.88 Å². The van der Waals surface area contributed by atoms with E-state index in [0.29, 0.717) is 62.3 Å². The largest absolute Gasteiger partial charge is 0.479 e. The Kier molecular flexibility index (Phi) is 36.5. The summed E-state index contributed by atoms with van der Waals surface area (Å²) in [5.74, 6) is 1.50. The Bertz CT molecular complexity index is 7090. The summed E-state index contributed by atoms with van der Waals surface area (Å²) in [6, 6.07) is 4.81. The van der Waals surface area contributed by atoms with Crippen LogP contribution in [0.5, 0.6) is 5.88 Å². The number of aromatic nitrogens is 19. The fourth-order valence-electron chi connectivity index (χ4n) is 15.6. The number of halogens is 1. The highest BCUT2D eigenvalue weighted by molar-refractivity contribution is 7.47. The number of aromatic amines is 2. The predicted molar refractivity (Wildman–Crippen MR) is 484 cm³/mol. The van der Waals surface area contributed by atoms with Crippen molar-refractivity contribution in [1.29, 1.82) is 0 Å². The average molecular weight is 2230 g/mol. The Labute approximate surface area is 825 Å². The standard InChI is InChI=1S/2C12H17N4O8P.C12H16N3O9P.C12H16N3O8P.C12H16N3O7P.C11H14ClN4O7P.CH4/c1-5-14-10-7(11(15-5)22-2)13-4-16(10)12-9(18)8(17)6(24-12)3-23-25(19,20)21;1-5-14-10-7(11(19)15(5)2)13-4-16(10)12-9(18)8(17)6(24-12)3-23-25(20,21)22;1-4-13-10-5(11(19)14-4)2-7(16)15(10)12-9(18)8(17)6(24-12)3-23-25(20,21)22;1-5-13-10-6(11(18)14-5)2-3-15(10)12-9(17)8(16)7(23-12)4-22-24(19,20)21;13-7-1-3-14-11-6(7)2-4-15(11)12-10(17)9(16)8(22-12)5-21-23(18,19)20;1-4-14-9(12)6-10(15-4)16(3-13-6)11-8(18)7(17)5(23-11)2-22-24(19,20)21;/h4,6,8-9,12,17-18H,3H2,1-2H3,(H2,19,20,21);4,6,8-9,12,17-18H,3H2,1-2H3,(H2,20,21,22);6,8-9,12,17-18H,2-3H2,1H3,(H,13,14,19)(H2,20,21,22);2-3,7-9,12,16-17H,4H2,1H3,(H,13,14,18)(H2,19,20,21);1-4,8-10,12,16-17H,5H2,(H2,13,14)(H2,18,19,20);3,5,7-8,11,17-18H,2H2,1H3,(H2,19,20,21);1H4/t3*6-,8-,9-,12-;7-,8-,9-,12-;8-,9-,10-,12-;5-,7-,8-,11-;/m111111./s1. The number of aliphatic hydroxyl groups is 12. The molecule has 0 saturated carbocycles. The number of aryl methyl sites for hydroxylation is 5. The number of carbonyl (C=O) groups is 1. The monoisotopic (exact) mass is 2230 g/mol. The van der Waals surface area contributed by atoms with Crippen molar-refractivity contribution >= 4 is 132 Å². The summed E-state index contributed by atoms with van der Waals surface area (Å²) in [6.45, 7) is 4.32. The Hall–Kier alpha value is -9.26. The van der Waals surface area contributed by atoms with E-state index in [2.05, 4.69) is 91.9 Å². The van der Waals surface area contributed by atoms with Crippen LogP contribution in [-0.2, 0) is 101 Å². The lowest BCUT2D eigenvalue weighted by molar-refractivity contribution is -0.121. The maximum absolute atomic E-state index is 12.3. The van der Waals surface area contributed by atoms with Crippen LogP contribution in [0.25, 0.3) is 55.6 Å². The summed E-state index contributed by atoms with van der Waals surface area (Å²) >= 11 is 5.99. The molecule has 7 aliphatic heterocycles. The number of anilines is 2. The van der Waals surface area contributed by atoms with Crippen LogP contribution in [0.1, 0.15) is 73.3 Å². The molecule has 6 fully saturated rings. The number of methoxy groups -OCH3 is 1. The van der Waals surface area contributed by atoms with E-state index in [0.717, 1.165) is 4.90 Å². The second-order valence-corrected chi connectivity index (χ2v) is 40.5. The number of hydrogen-bond donors (Lipinski definition) is 27. The molecular formula is C72H100ClN21O47P6. The number of amides is 1. The number of nitrogens with zero attached hydrogens (tertiary/aromatic N) is 18. The molecule has 6 saturated heterocycles. The van der Waals surface area contributed by atoms with E-state index in [-0.39, 0.29) is 75.4 Å². The Morgan fingerprint density at radius 1 is 0.401 bits per heavy atom. The molecule has 75 heteroatoms. The lowest BCUT2D eigenvalue weighted by Gasteiger charge is -2.26. The van der Waals surface area contributed by atoms with Crippen molar-refractivity contribution in [3.05, 3.63) is 127 Å². The first-order chi connectivity index (χ1) is 68.0. The van der Waals surface area contributed by atoms with E-state index in [9.17, 15) is 108 Å². The quantitative estimate of drug-likeness (QED) is 0.0187. The molecule has 68 nitrogen and oxygen atoms in total. The Morgan fingerprint density at radius 3 is 1.14 bits per heavy atom. The van der Waals surface area contributed by atoms with E-state index in [4.69, 9.17) is 109 Å². The van der Waals surface area contributed by atoms with Crippen molar-refractivity contribution in [1.82, 2.24) is 92.2 Å². The first-order valence-corrected chi connectivity index (χ1v) is 51.6. The molecule has 11 aromatic rings. The van der Waals surface area contributed by atoms with Crippen molar-refractivity contribution in [2.24, 2.45) is 7.05 Å². The second-order valence-electron chi connectivity index (χ2n) is 32.7. The van der Waals surface area contributed by atoms with Gasteiger partial charge in [-0.05, 0) is 52.8 Å². The fraction of sp³-hybridized carbons (Fsp3) is 0.542. The molecule has 0 aromatic carbocycles. The van der Waals surface area contributed by atoms with Crippen molar-refractivity contribution in [3.63, 3.8) is 0 Å². The minimum Gasteiger partial charge on any atom is -0.479 e. The summed E-state index contributed by atoms with van der Waals surface area (Å²) in [5.41, 5.74) is 7.40. The van der Waals surface area contributed by atoms with Gasteiger partial charge in [-0.15, -0.1) is 0 Å². The molecule has 7 aliphatic rings. The SMILES string of the molecule is C.COc1nc(C)nc2c1ncn2[C@@H]1O[C@H](COP(=O)(O)O)[C@@H](O)[C@H]1O.Cc1nc(Cl)c2ncn([C@@H]3O[C@H](COP(=O)(O)O)[C@@H](O)[C@H]3O)c2n1.Cc1nc2c(c(=O)[nH]1)CC(=O)N2[C@@H]1O[C@H](COP(=O)(O)O)[C@@H](O)[C@H]1O.Cc1nc2c(ccn2[C@@H]2O[C@H](COP(=O)(O)O)[C@@H](O)[C@H]2O)c(=O)[nH]1.Cc1nc2c(ncn2[C@@H]2O[C@H](COP(=O)(O)O)[C@@H](O)[C@H]2O)c(=O)n1C.Nc1ccnc2c1ccn2[C@@H]1O[C@H](COP(=O)(O)O)[C@@H](O)[C@H]1O. The van der Waals surface area contributed by atoms with Gasteiger partial charge in [-0.1, -0.05) is 19.0 Å². The first kappa shape index (κ1) is 116. The van der Waals surface area contributed by atoms with Crippen molar-refractivity contribution in [2.45, 2.75) is 196 Å². The number of rotatable bonds is 25. The zero-order chi connectivity index (χ0) is 107. The normalized spacial score (nSPS) is 27.8. The number of nitrogen functional groups attached to an aromatic ring is 1. The van der Waals surface area contributed by atoms with Crippen LogP contribution in [0.3, 0.4) is 0 Å². The van der Waals surface area contributed by atoms with Crippen LogP contribution in [-0.4, -0.2) is 381 Å². The molecule has 0 unspecified atom stereocenters. The second kappa shape index (κ2) is 46.1. The van der Waals surface area contributed by atoms with E-state index < -0.39 is 245 Å². The van der Waals surface area contributed by atoms with Gasteiger partial charge in [0.25, 0.3) is 16.7 Å². The molecule has 28 N–H and O–H groups in total. The van der Waals surface area contributed by atoms with Crippen LogP contribution < -0.4 is 32.0 Å². The number of phosphoric ester groups is 6. The van der Waals surface area contributed by atoms with Gasteiger partial charge in [0.05, 0.1) is 83.1 Å². The van der Waals surface area contributed by atoms with Gasteiger partial charge in [0, 0.05) is 36.7 Å². The predicted octanol–water partition coefficient (Wildman–Crippen LogP) is -7.18. The number of fused-ring (bicyclic) bond motifs is 6. The third-order valence-corrected chi connectivity index (χ3v) is 25.8. The zero-order valence-corrected chi connectivity index (χ0v) is 81.9. The summed E-state index contributed by atoms with van der Waals surface area (Å²) in [7, 11) is -25.5. The molecule has 0 radical (unpaired) electrons. The van der Waals surface area contributed by atoms with Crippen LogP contribution in [0.15, 0.2) is 70.2 Å². The van der Waals surface area contributed by atoms with Gasteiger partial charge < -0.3 is 178 Å². The number of phosphoric acid groups is 6. The number of ether oxygens (including phenoxy) is 7. The number of H-pyrrole nitrogens is 2. The summed E-state index contributed by atoms with van der Waals surface area (Å²) < 4.78 is 137. The minimum absolute atomic E-state index is 0. The molecule has 0 aliphatic carbocycles. The Morgan fingerprint density at radius 2 is 0.735 bits per heavy atom. The molecule has 0 spiro atoms. The molecule has 18 heterocycles. The van der Waals surface area contributed by atoms with E-state index in [1.165, 1.54) is 78.9 Å². The lowest BCUT2D eigenvalue weighted by atomic mass is 10.1. The number of nitrogens with two attached hydrogens (primary N) is 1. The van der Waals surface area contributed by atoms with Gasteiger partial charge in [-0.3, -0.25) is 69.5 Å². The molecule has 24 atom stereocenters. The number of pyridine rings is 1. The van der Waals surface area contributed by atoms with Gasteiger partial charge in [0.2, 0.25) is 11.8 Å². The van der Waals surface area contributed by atoms with Crippen LogP contribution in [0.4, 0.5) is 11.5 Å². The summed E-state index contributed by atoms with van der Waals surface area (Å²) in [5, 5.41) is 122. The maximum atomic E-state index is 12.3. The first-order valence-electron chi connectivity index (χ1n) is 42.0. The van der Waals surface area contributed by atoms with Crippen molar-refractivity contribution < 1.29 is 212 Å². The topological polar surface area (TPSA) is 1010 Å². The average Bonchev–Trinajstić information content (AvgIpc) is 1.60. The molecule has 1 amide bonds. The lowest BCUT2D eigenvalue weighted by Crippen LogP contribution is -2.46. The summed E-state index contributed by atoms with van der Waals surface area (Å²) in [4.78, 5) is 204. The van der Waals surface area contributed by atoms with Gasteiger partial charge in [-0.2, -0.15) is 4.98 Å². The van der Waals surface area contributed by atoms with Crippen LogP contribution in [0.2, 0.25) is 5.15 Å². The number of nitrogens with one attached hydrogen (secondary N) is 2. The molecule has 0 bridgehead atoms. The third kappa shape index (κ3) is 26.9. The minimum atomic E-state index is -4.80. The smallest absolute Gasteiger partial charge is 0.469 e. The van der Waals surface area contributed by atoms with Gasteiger partial charge >= 0.3 is 46.9 Å². The van der Waals surface area contributed by atoms with Crippen LogP contribution >= 0.6 is 58.5 Å². The summed E-state index contributed by atoms with van der Waals surface area (Å²) in [6.07, 6.45) is -22.7. The maximum Gasteiger partial charge on any atom is 0.469 e. The van der Waals surface area contributed by atoms with Gasteiger partial charge in [0.15, 0.2) is 70.5 Å². The number of imidazole rings is 3. The number of aliphatic hydroxyl groups excluding tert-OH is 12. The molecule has 18 rings (SSSR count). The van der Waals surface area contributed by atoms with E-state index in [1.54, 1.807) is 53.1 Å². The number of hydrogen-bond acceptors (Lipinski definition) is 47. The third-order valence-electron chi connectivity index (χ3n) is 22.6. The molecular weight excluding hydrogens is 2130 g/mol. The van der Waals surface area contributed by atoms with Crippen LogP contribution in [0, 0.1) is 34.6 Å². The zero-order valence-electron chi connectivity index (χ0n) is 75.8. The number of carbonyl (C=O) groups excluding carboxylic acids is 1. The van der Waals surface area contributed by atoms with Crippen molar-refractivity contribution in [2.75, 3.05) is 57.4 Å². The molecule has 11 aromatic heterocycles. The van der Waals surface area contributed by atoms with E-state index in [1.807, 2.05) is 0 Å². The highest BCUT2D eigenvalue weighted by Crippen LogP contribution is 2.47. The van der Waals surface area contributed by atoms with Gasteiger partial charge in [0.1, 0.15) is 162 Å².